The molecule has 0 aliphatic rings. The van der Waals surface area contributed by atoms with Crippen LogP contribution in [-0.4, -0.2) is 30.1 Å². The van der Waals surface area contributed by atoms with E-state index in [1.54, 1.807) is 39.0 Å². The minimum absolute atomic E-state index is 0.0918. The molecule has 0 aliphatic heterocycles. The third-order valence-electron chi connectivity index (χ3n) is 4.25. The fourth-order valence-corrected chi connectivity index (χ4v) is 5.19. The monoisotopic (exact) mass is 396 g/mol. The molecular formula is C18H24N2O4S2. The van der Waals surface area contributed by atoms with E-state index in [9.17, 15) is 16.8 Å². The highest BCUT2D eigenvalue weighted by atomic mass is 32.2. The van der Waals surface area contributed by atoms with Crippen LogP contribution >= 0.6 is 0 Å². The summed E-state index contributed by atoms with van der Waals surface area (Å²) >= 11 is 0. The van der Waals surface area contributed by atoms with Gasteiger partial charge >= 0.3 is 0 Å². The molecule has 142 valence electrons. The van der Waals surface area contributed by atoms with Gasteiger partial charge in [0.2, 0.25) is 10.0 Å². The highest BCUT2D eigenvalue weighted by Crippen LogP contribution is 2.34. The molecule has 0 atom stereocenters. The molecule has 2 rings (SSSR count). The molecule has 0 saturated heterocycles. The smallest absolute Gasteiger partial charge is 0.262 e. The zero-order valence-electron chi connectivity index (χ0n) is 15.8. The lowest BCUT2D eigenvalue weighted by atomic mass is 10.1. The Balaban J connectivity index is 2.63. The first-order valence-corrected chi connectivity index (χ1v) is 11.3. The number of anilines is 2. The molecule has 0 bridgehead atoms. The average molecular weight is 397 g/mol. The minimum atomic E-state index is -3.88. The van der Waals surface area contributed by atoms with E-state index in [0.717, 1.165) is 16.1 Å². The lowest BCUT2D eigenvalue weighted by Gasteiger charge is -2.24. The molecule has 0 heterocycles. The Morgan fingerprint density at radius 2 is 1.42 bits per heavy atom. The quantitative estimate of drug-likeness (QED) is 0.842. The number of sulfonamides is 2. The second-order valence-electron chi connectivity index (χ2n) is 6.52. The van der Waals surface area contributed by atoms with Crippen molar-refractivity contribution in [1.29, 1.82) is 0 Å². The van der Waals surface area contributed by atoms with Gasteiger partial charge in [-0.3, -0.25) is 9.03 Å². The van der Waals surface area contributed by atoms with E-state index in [4.69, 9.17) is 0 Å². The Kier molecular flexibility index (Phi) is 5.39. The normalized spacial score (nSPS) is 12.1. The maximum atomic E-state index is 13.0. The topological polar surface area (TPSA) is 83.6 Å². The summed E-state index contributed by atoms with van der Waals surface area (Å²) < 4.78 is 53.6. The molecule has 2 aromatic rings. The van der Waals surface area contributed by atoms with Gasteiger partial charge in [-0.1, -0.05) is 23.8 Å². The van der Waals surface area contributed by atoms with Crippen LogP contribution in [-0.2, 0) is 20.0 Å². The molecule has 0 aliphatic carbocycles. The molecule has 26 heavy (non-hydrogen) atoms. The van der Waals surface area contributed by atoms with E-state index in [1.165, 1.54) is 7.05 Å². The van der Waals surface area contributed by atoms with Crippen molar-refractivity contribution >= 4 is 31.4 Å². The van der Waals surface area contributed by atoms with Crippen LogP contribution in [0.4, 0.5) is 11.4 Å². The SMILES string of the molecule is Cc1ccc(NS(=O)(=O)c2c(C)cc(C)c(N(C)S(C)(=O)=O)c2C)cc1. The summed E-state index contributed by atoms with van der Waals surface area (Å²) in [6, 6.07) is 8.70. The lowest BCUT2D eigenvalue weighted by Crippen LogP contribution is -2.27. The number of aryl methyl sites for hydroxylation is 3. The van der Waals surface area contributed by atoms with Crippen LogP contribution < -0.4 is 9.03 Å². The first-order valence-electron chi connectivity index (χ1n) is 7.99. The summed E-state index contributed by atoms with van der Waals surface area (Å²) in [4.78, 5) is 0.0918. The second kappa shape index (κ2) is 6.92. The minimum Gasteiger partial charge on any atom is -0.280 e. The molecule has 0 fully saturated rings. The Hall–Kier alpha value is -2.06. The van der Waals surface area contributed by atoms with Gasteiger partial charge in [-0.15, -0.1) is 0 Å². The van der Waals surface area contributed by atoms with E-state index in [1.807, 2.05) is 19.1 Å². The summed E-state index contributed by atoms with van der Waals surface area (Å²) in [5.41, 5.74) is 3.51. The van der Waals surface area contributed by atoms with Gasteiger partial charge in [-0.25, -0.2) is 16.8 Å². The zero-order valence-corrected chi connectivity index (χ0v) is 17.4. The van der Waals surface area contributed by atoms with Crippen molar-refractivity contribution in [1.82, 2.24) is 0 Å². The Labute approximate surface area is 156 Å². The van der Waals surface area contributed by atoms with Crippen molar-refractivity contribution in [2.75, 3.05) is 22.3 Å². The maximum absolute atomic E-state index is 13.0. The van der Waals surface area contributed by atoms with Gasteiger partial charge in [0.15, 0.2) is 0 Å². The van der Waals surface area contributed by atoms with Crippen molar-refractivity contribution in [2.24, 2.45) is 0 Å². The summed E-state index contributed by atoms with van der Waals surface area (Å²) in [6.07, 6.45) is 1.09. The highest BCUT2D eigenvalue weighted by molar-refractivity contribution is 7.93. The largest absolute Gasteiger partial charge is 0.280 e. The van der Waals surface area contributed by atoms with Gasteiger partial charge in [0.25, 0.3) is 10.0 Å². The van der Waals surface area contributed by atoms with Gasteiger partial charge in [-0.2, -0.15) is 0 Å². The lowest BCUT2D eigenvalue weighted by molar-refractivity contribution is 0.596. The van der Waals surface area contributed by atoms with Crippen LogP contribution in [0.15, 0.2) is 35.2 Å². The summed E-state index contributed by atoms with van der Waals surface area (Å²) in [5, 5.41) is 0. The number of benzene rings is 2. The zero-order chi connectivity index (χ0) is 19.9. The first-order chi connectivity index (χ1) is 11.8. The van der Waals surface area contributed by atoms with E-state index in [-0.39, 0.29) is 4.90 Å². The van der Waals surface area contributed by atoms with Crippen LogP contribution in [0.2, 0.25) is 0 Å². The predicted molar refractivity (Wildman–Crippen MR) is 106 cm³/mol. The first kappa shape index (κ1) is 20.3. The number of hydrogen-bond donors (Lipinski definition) is 1. The molecule has 0 aromatic heterocycles. The van der Waals surface area contributed by atoms with E-state index in [0.29, 0.717) is 28.1 Å². The molecular weight excluding hydrogens is 372 g/mol. The molecule has 0 spiro atoms. The van der Waals surface area contributed by atoms with E-state index >= 15 is 0 Å². The summed E-state index contributed by atoms with van der Waals surface area (Å²) in [7, 11) is -5.98. The number of nitrogens with one attached hydrogen (secondary N) is 1. The summed E-state index contributed by atoms with van der Waals surface area (Å²) in [6.45, 7) is 7.01. The van der Waals surface area contributed by atoms with Crippen LogP contribution in [0.3, 0.4) is 0 Å². The van der Waals surface area contributed by atoms with Crippen LogP contribution in [0.5, 0.6) is 0 Å². The van der Waals surface area contributed by atoms with Crippen LogP contribution in [0.25, 0.3) is 0 Å². The fourth-order valence-electron chi connectivity index (χ4n) is 3.05. The van der Waals surface area contributed by atoms with Gasteiger partial charge in [0.1, 0.15) is 0 Å². The maximum Gasteiger partial charge on any atom is 0.262 e. The number of nitrogens with zero attached hydrogens (tertiary/aromatic N) is 1. The molecule has 0 radical (unpaired) electrons. The molecule has 0 amide bonds. The van der Waals surface area contributed by atoms with E-state index < -0.39 is 20.0 Å². The molecule has 2 aromatic carbocycles. The van der Waals surface area contributed by atoms with Crippen molar-refractivity contribution in [2.45, 2.75) is 32.6 Å². The van der Waals surface area contributed by atoms with Gasteiger partial charge in [0.05, 0.1) is 16.8 Å². The predicted octanol–water partition coefficient (Wildman–Crippen LogP) is 3.12. The third-order valence-corrected chi connectivity index (χ3v) is 7.09. The number of rotatable bonds is 5. The molecule has 0 saturated carbocycles. The molecule has 8 heteroatoms. The van der Waals surface area contributed by atoms with Crippen LogP contribution in [0, 0.1) is 27.7 Å². The molecule has 0 unspecified atom stereocenters. The Morgan fingerprint density at radius 3 is 1.92 bits per heavy atom. The van der Waals surface area contributed by atoms with Gasteiger partial charge in [-0.05, 0) is 56.5 Å². The van der Waals surface area contributed by atoms with Crippen molar-refractivity contribution in [3.8, 4) is 0 Å². The Bertz CT molecular complexity index is 1040. The Morgan fingerprint density at radius 1 is 0.885 bits per heavy atom. The van der Waals surface area contributed by atoms with Gasteiger partial charge in [0, 0.05) is 12.7 Å². The van der Waals surface area contributed by atoms with E-state index in [2.05, 4.69) is 4.72 Å². The average Bonchev–Trinajstić information content (AvgIpc) is 2.47. The second-order valence-corrected chi connectivity index (χ2v) is 10.1. The highest BCUT2D eigenvalue weighted by Gasteiger charge is 2.26. The standard InChI is InChI=1S/C18H24N2O4S2/c1-12-7-9-16(10-8-12)19-26(23,24)18-14(3)11-13(2)17(15(18)4)20(5)25(6,21)22/h7-11,19H,1-6H3. The van der Waals surface area contributed by atoms with Crippen LogP contribution in [0.1, 0.15) is 22.3 Å². The van der Waals surface area contributed by atoms with Crippen molar-refractivity contribution in [3.63, 3.8) is 0 Å². The van der Waals surface area contributed by atoms with Gasteiger partial charge < -0.3 is 0 Å². The fraction of sp³-hybridized carbons (Fsp3) is 0.333. The van der Waals surface area contributed by atoms with Crippen molar-refractivity contribution < 1.29 is 16.8 Å². The number of hydrogen-bond acceptors (Lipinski definition) is 4. The molecule has 1 N–H and O–H groups in total. The molecule has 6 nitrogen and oxygen atoms in total. The summed E-state index contributed by atoms with van der Waals surface area (Å²) in [5.74, 6) is 0. The van der Waals surface area contributed by atoms with Crippen molar-refractivity contribution in [3.05, 3.63) is 52.6 Å². The third kappa shape index (κ3) is 4.02.